The number of rotatable bonds is 4. The average molecular weight is 233 g/mol. The molecule has 4 heteroatoms. The van der Waals surface area contributed by atoms with Crippen LogP contribution in [-0.2, 0) is 6.54 Å². The van der Waals surface area contributed by atoms with Crippen LogP contribution in [-0.4, -0.2) is 16.5 Å². The quantitative estimate of drug-likeness (QED) is 0.882. The molecule has 0 unspecified atom stereocenters. The van der Waals surface area contributed by atoms with Gasteiger partial charge in [0.25, 0.3) is 0 Å². The van der Waals surface area contributed by atoms with Crippen LogP contribution in [0.2, 0.25) is 0 Å². The predicted molar refractivity (Wildman–Crippen MR) is 67.5 cm³/mol. The lowest BCUT2D eigenvalue weighted by molar-refractivity contribution is 0.734. The number of hydrogen-bond acceptors (Lipinski definition) is 4. The first-order valence-corrected chi connectivity index (χ1v) is 6.20. The summed E-state index contributed by atoms with van der Waals surface area (Å²) in [5.41, 5.74) is 1.99. The number of aromatic nitrogens is 2. The number of nitrogens with zero attached hydrogens (tertiary/aromatic N) is 2. The van der Waals surface area contributed by atoms with E-state index < -0.39 is 0 Å². The van der Waals surface area contributed by atoms with Crippen molar-refractivity contribution in [1.29, 1.82) is 0 Å². The third-order valence-corrected chi connectivity index (χ3v) is 3.23. The molecular weight excluding hydrogens is 218 g/mol. The van der Waals surface area contributed by atoms with E-state index in [4.69, 9.17) is 0 Å². The van der Waals surface area contributed by atoms with Crippen LogP contribution in [0.5, 0.6) is 0 Å². The van der Waals surface area contributed by atoms with Gasteiger partial charge in [-0.05, 0) is 25.6 Å². The van der Waals surface area contributed by atoms with E-state index >= 15 is 0 Å². The zero-order valence-electron chi connectivity index (χ0n) is 9.53. The molecule has 1 N–H and O–H groups in total. The fraction of sp³-hybridized carbons (Fsp3) is 0.333. The zero-order valence-corrected chi connectivity index (χ0v) is 10.3. The first-order chi connectivity index (χ1) is 7.79. The number of thiazole rings is 1. The van der Waals surface area contributed by atoms with Crippen LogP contribution in [0.15, 0.2) is 24.4 Å². The van der Waals surface area contributed by atoms with E-state index in [-0.39, 0.29) is 0 Å². The summed E-state index contributed by atoms with van der Waals surface area (Å²) < 4.78 is 0. The molecule has 2 aromatic heterocycles. The fourth-order valence-electron chi connectivity index (χ4n) is 1.42. The van der Waals surface area contributed by atoms with Gasteiger partial charge in [0, 0.05) is 23.3 Å². The van der Waals surface area contributed by atoms with Crippen LogP contribution in [0.1, 0.15) is 17.5 Å². The van der Waals surface area contributed by atoms with Crippen molar-refractivity contribution < 1.29 is 0 Å². The summed E-state index contributed by atoms with van der Waals surface area (Å²) in [7, 11) is 0. The van der Waals surface area contributed by atoms with E-state index in [0.717, 1.165) is 29.5 Å². The van der Waals surface area contributed by atoms with Gasteiger partial charge in [0.15, 0.2) is 0 Å². The Morgan fingerprint density at radius 1 is 1.38 bits per heavy atom. The molecule has 0 amide bonds. The van der Waals surface area contributed by atoms with Crippen molar-refractivity contribution in [3.05, 3.63) is 35.0 Å². The van der Waals surface area contributed by atoms with Crippen molar-refractivity contribution >= 4 is 11.3 Å². The Kier molecular flexibility index (Phi) is 3.64. The van der Waals surface area contributed by atoms with Gasteiger partial charge in [-0.25, -0.2) is 4.98 Å². The van der Waals surface area contributed by atoms with E-state index in [1.165, 1.54) is 4.88 Å². The number of nitrogens with one attached hydrogen (secondary N) is 1. The number of pyridine rings is 1. The highest BCUT2D eigenvalue weighted by Crippen LogP contribution is 2.23. The van der Waals surface area contributed by atoms with Gasteiger partial charge in [-0.3, -0.25) is 4.98 Å². The van der Waals surface area contributed by atoms with Gasteiger partial charge in [0.05, 0.1) is 5.69 Å². The minimum atomic E-state index is 0.889. The topological polar surface area (TPSA) is 37.8 Å². The van der Waals surface area contributed by atoms with Crippen LogP contribution in [0.3, 0.4) is 0 Å². The Labute approximate surface area is 99.6 Å². The van der Waals surface area contributed by atoms with Crippen LogP contribution >= 0.6 is 11.3 Å². The van der Waals surface area contributed by atoms with Gasteiger partial charge in [-0.15, -0.1) is 11.3 Å². The lowest BCUT2D eigenvalue weighted by Crippen LogP contribution is -2.10. The van der Waals surface area contributed by atoms with Crippen molar-refractivity contribution in [3.63, 3.8) is 0 Å². The smallest absolute Gasteiger partial charge is 0.142 e. The molecule has 0 saturated carbocycles. The fourth-order valence-corrected chi connectivity index (χ4v) is 2.27. The summed E-state index contributed by atoms with van der Waals surface area (Å²) in [5, 5.41) is 4.29. The van der Waals surface area contributed by atoms with E-state index in [9.17, 15) is 0 Å². The second kappa shape index (κ2) is 5.18. The highest BCUT2D eigenvalue weighted by molar-refractivity contribution is 7.14. The van der Waals surface area contributed by atoms with Gasteiger partial charge in [-0.1, -0.05) is 13.0 Å². The normalized spacial score (nSPS) is 10.6. The summed E-state index contributed by atoms with van der Waals surface area (Å²) in [6.45, 7) is 5.97. The largest absolute Gasteiger partial charge is 0.312 e. The summed E-state index contributed by atoms with van der Waals surface area (Å²) in [4.78, 5) is 10.1. The maximum Gasteiger partial charge on any atom is 0.142 e. The number of hydrogen-bond donors (Lipinski definition) is 1. The second-order valence-corrected chi connectivity index (χ2v) is 4.69. The molecule has 2 rings (SSSR count). The molecular formula is C12H15N3S. The molecule has 0 aromatic carbocycles. The molecule has 0 saturated heterocycles. The summed E-state index contributed by atoms with van der Waals surface area (Å²) >= 11 is 1.70. The third kappa shape index (κ3) is 2.65. The van der Waals surface area contributed by atoms with Crippen molar-refractivity contribution in [2.45, 2.75) is 20.4 Å². The molecule has 0 aliphatic heterocycles. The SMILES string of the molecule is CCNCc1cnc(-c2cccc(C)n2)s1. The Morgan fingerprint density at radius 3 is 3.00 bits per heavy atom. The Bertz CT molecular complexity index is 465. The molecule has 3 nitrogen and oxygen atoms in total. The summed E-state index contributed by atoms with van der Waals surface area (Å²) in [5.74, 6) is 0. The predicted octanol–water partition coefficient (Wildman–Crippen LogP) is 2.62. The lowest BCUT2D eigenvalue weighted by Gasteiger charge is -1.97. The molecule has 2 heterocycles. The van der Waals surface area contributed by atoms with Crippen molar-refractivity contribution in [1.82, 2.24) is 15.3 Å². The van der Waals surface area contributed by atoms with Gasteiger partial charge in [0.2, 0.25) is 0 Å². The maximum atomic E-state index is 4.46. The maximum absolute atomic E-state index is 4.46. The first kappa shape index (κ1) is 11.2. The molecule has 2 aromatic rings. The van der Waals surface area contributed by atoms with Crippen molar-refractivity contribution in [2.24, 2.45) is 0 Å². The van der Waals surface area contributed by atoms with Crippen molar-refractivity contribution in [3.8, 4) is 10.7 Å². The monoisotopic (exact) mass is 233 g/mol. The van der Waals surface area contributed by atoms with Crippen LogP contribution < -0.4 is 5.32 Å². The Balaban J connectivity index is 2.18. The standard InChI is InChI=1S/C12H15N3S/c1-3-13-7-10-8-14-12(16-10)11-6-4-5-9(2)15-11/h4-6,8,13H,3,7H2,1-2H3. The molecule has 0 aliphatic rings. The van der Waals surface area contributed by atoms with Crippen molar-refractivity contribution in [2.75, 3.05) is 6.54 Å². The van der Waals surface area contributed by atoms with E-state index in [1.807, 2.05) is 31.3 Å². The molecule has 16 heavy (non-hydrogen) atoms. The van der Waals surface area contributed by atoms with Gasteiger partial charge < -0.3 is 5.32 Å². The Morgan fingerprint density at radius 2 is 2.25 bits per heavy atom. The Hall–Kier alpha value is -1.26. The highest BCUT2D eigenvalue weighted by Gasteiger charge is 2.05. The molecule has 0 aliphatic carbocycles. The minimum Gasteiger partial charge on any atom is -0.312 e. The summed E-state index contributed by atoms with van der Waals surface area (Å²) in [6, 6.07) is 6.02. The molecule has 0 bridgehead atoms. The third-order valence-electron chi connectivity index (χ3n) is 2.21. The molecule has 0 spiro atoms. The van der Waals surface area contributed by atoms with E-state index in [0.29, 0.717) is 0 Å². The molecule has 0 radical (unpaired) electrons. The highest BCUT2D eigenvalue weighted by atomic mass is 32.1. The lowest BCUT2D eigenvalue weighted by atomic mass is 10.3. The van der Waals surface area contributed by atoms with E-state index in [1.54, 1.807) is 11.3 Å². The summed E-state index contributed by atoms with van der Waals surface area (Å²) in [6.07, 6.45) is 1.92. The van der Waals surface area contributed by atoms with Gasteiger partial charge in [0.1, 0.15) is 5.01 Å². The first-order valence-electron chi connectivity index (χ1n) is 5.39. The molecule has 0 atom stereocenters. The van der Waals surface area contributed by atoms with Crippen LogP contribution in [0, 0.1) is 6.92 Å². The number of aryl methyl sites for hydroxylation is 1. The molecule has 84 valence electrons. The van der Waals surface area contributed by atoms with Crippen LogP contribution in [0.25, 0.3) is 10.7 Å². The van der Waals surface area contributed by atoms with Gasteiger partial charge >= 0.3 is 0 Å². The average Bonchev–Trinajstić information content (AvgIpc) is 2.75. The molecule has 0 fully saturated rings. The second-order valence-electron chi connectivity index (χ2n) is 3.58. The van der Waals surface area contributed by atoms with Gasteiger partial charge in [-0.2, -0.15) is 0 Å². The zero-order chi connectivity index (χ0) is 11.4. The van der Waals surface area contributed by atoms with Crippen LogP contribution in [0.4, 0.5) is 0 Å². The minimum absolute atomic E-state index is 0.889. The van der Waals surface area contributed by atoms with E-state index in [2.05, 4.69) is 22.2 Å².